The van der Waals surface area contributed by atoms with Gasteiger partial charge >= 0.3 is 0 Å². The standard InChI is InChI=1S/C9H20NO/c1-3-5-7-9(10-11)8-6-4-2/h9,11H,3-8H2,1-2H3. The van der Waals surface area contributed by atoms with Crippen molar-refractivity contribution < 1.29 is 5.21 Å². The summed E-state index contributed by atoms with van der Waals surface area (Å²) in [6, 6.07) is 0.204. The SMILES string of the molecule is CCCCC(CCCC)[N]O. The highest BCUT2D eigenvalue weighted by atomic mass is 16.5. The van der Waals surface area contributed by atoms with Gasteiger partial charge in [0.25, 0.3) is 0 Å². The number of unbranched alkanes of at least 4 members (excludes halogenated alkanes) is 2. The number of hydroxylamine groups is 1. The van der Waals surface area contributed by atoms with Crippen LogP contribution in [0.1, 0.15) is 52.4 Å². The van der Waals surface area contributed by atoms with E-state index in [2.05, 4.69) is 19.3 Å². The van der Waals surface area contributed by atoms with E-state index >= 15 is 0 Å². The highest BCUT2D eigenvalue weighted by Gasteiger charge is 2.06. The van der Waals surface area contributed by atoms with E-state index in [0.717, 1.165) is 12.8 Å². The summed E-state index contributed by atoms with van der Waals surface area (Å²) in [5.41, 5.74) is 3.36. The van der Waals surface area contributed by atoms with Crippen LogP contribution in [0.4, 0.5) is 0 Å². The lowest BCUT2D eigenvalue weighted by molar-refractivity contribution is 0.104. The molecule has 0 aromatic heterocycles. The molecule has 0 aromatic rings. The Morgan fingerprint density at radius 2 is 1.55 bits per heavy atom. The van der Waals surface area contributed by atoms with E-state index in [0.29, 0.717) is 0 Å². The van der Waals surface area contributed by atoms with Crippen LogP contribution >= 0.6 is 0 Å². The zero-order chi connectivity index (χ0) is 8.53. The fourth-order valence-corrected chi connectivity index (χ4v) is 1.14. The lowest BCUT2D eigenvalue weighted by atomic mass is 10.0. The van der Waals surface area contributed by atoms with E-state index in [1.807, 2.05) is 0 Å². The molecule has 67 valence electrons. The summed E-state index contributed by atoms with van der Waals surface area (Å²) in [5.74, 6) is 0. The Morgan fingerprint density at radius 1 is 1.09 bits per heavy atom. The molecular formula is C9H20NO. The summed E-state index contributed by atoms with van der Waals surface area (Å²) in [5, 5.41) is 8.60. The van der Waals surface area contributed by atoms with Crippen LogP contribution in [-0.4, -0.2) is 11.2 Å². The first-order chi connectivity index (χ1) is 5.35. The molecule has 0 saturated carbocycles. The molecule has 0 heterocycles. The minimum absolute atomic E-state index is 0.204. The minimum Gasteiger partial charge on any atom is -0.297 e. The van der Waals surface area contributed by atoms with Gasteiger partial charge in [-0.05, 0) is 12.8 Å². The van der Waals surface area contributed by atoms with Gasteiger partial charge < -0.3 is 0 Å². The molecule has 2 nitrogen and oxygen atoms in total. The van der Waals surface area contributed by atoms with Gasteiger partial charge in [-0.1, -0.05) is 45.0 Å². The summed E-state index contributed by atoms with van der Waals surface area (Å²) in [6.07, 6.45) is 6.84. The Morgan fingerprint density at radius 3 is 1.82 bits per heavy atom. The van der Waals surface area contributed by atoms with Crippen LogP contribution in [0, 0.1) is 0 Å². The number of hydrogen-bond acceptors (Lipinski definition) is 1. The molecule has 0 fully saturated rings. The molecule has 1 N–H and O–H groups in total. The Balaban J connectivity index is 3.25. The van der Waals surface area contributed by atoms with Crippen LogP contribution in [0.5, 0.6) is 0 Å². The average Bonchev–Trinajstić information content (AvgIpc) is 2.05. The predicted molar refractivity (Wildman–Crippen MR) is 46.8 cm³/mol. The molecule has 0 atom stereocenters. The van der Waals surface area contributed by atoms with Gasteiger partial charge in [-0.3, -0.25) is 5.21 Å². The number of nitrogens with zero attached hydrogens (tertiary/aromatic N) is 1. The summed E-state index contributed by atoms with van der Waals surface area (Å²) >= 11 is 0. The monoisotopic (exact) mass is 158 g/mol. The number of rotatable bonds is 7. The van der Waals surface area contributed by atoms with E-state index in [1.165, 1.54) is 25.7 Å². The quantitative estimate of drug-likeness (QED) is 0.568. The van der Waals surface area contributed by atoms with Crippen molar-refractivity contribution in [2.45, 2.75) is 58.4 Å². The van der Waals surface area contributed by atoms with Gasteiger partial charge in [0.1, 0.15) is 0 Å². The van der Waals surface area contributed by atoms with Crippen LogP contribution in [0.3, 0.4) is 0 Å². The molecule has 0 aliphatic heterocycles. The highest BCUT2D eigenvalue weighted by Crippen LogP contribution is 2.08. The van der Waals surface area contributed by atoms with E-state index in [-0.39, 0.29) is 6.04 Å². The third-order valence-electron chi connectivity index (χ3n) is 1.95. The molecule has 0 unspecified atom stereocenters. The Labute approximate surface area is 70.0 Å². The molecule has 1 radical (unpaired) electrons. The highest BCUT2D eigenvalue weighted by molar-refractivity contribution is 4.60. The normalized spacial score (nSPS) is 10.9. The largest absolute Gasteiger partial charge is 0.297 e. The lowest BCUT2D eigenvalue weighted by Crippen LogP contribution is -2.18. The summed E-state index contributed by atoms with van der Waals surface area (Å²) in [6.45, 7) is 4.32. The maximum Gasteiger partial charge on any atom is 0.0535 e. The van der Waals surface area contributed by atoms with Crippen molar-refractivity contribution in [2.75, 3.05) is 0 Å². The molecule has 0 bridgehead atoms. The van der Waals surface area contributed by atoms with E-state index in [9.17, 15) is 0 Å². The lowest BCUT2D eigenvalue weighted by Gasteiger charge is -2.10. The number of hydrogen-bond donors (Lipinski definition) is 1. The molecule has 0 aromatic carbocycles. The molecule has 0 saturated heterocycles. The van der Waals surface area contributed by atoms with Crippen molar-refractivity contribution in [2.24, 2.45) is 0 Å². The van der Waals surface area contributed by atoms with Gasteiger partial charge in [0.2, 0.25) is 0 Å². The van der Waals surface area contributed by atoms with Crippen LogP contribution in [0.2, 0.25) is 0 Å². The van der Waals surface area contributed by atoms with Crippen molar-refractivity contribution in [1.82, 2.24) is 5.48 Å². The second kappa shape index (κ2) is 8.02. The van der Waals surface area contributed by atoms with Gasteiger partial charge in [0.15, 0.2) is 0 Å². The van der Waals surface area contributed by atoms with E-state index in [1.54, 1.807) is 0 Å². The van der Waals surface area contributed by atoms with Crippen LogP contribution < -0.4 is 5.48 Å². The summed E-state index contributed by atoms with van der Waals surface area (Å²) in [7, 11) is 0. The molecule has 0 aliphatic rings. The molecule has 11 heavy (non-hydrogen) atoms. The first-order valence-electron chi connectivity index (χ1n) is 4.69. The Bertz CT molecular complexity index is 68.0. The molecule has 0 rings (SSSR count). The van der Waals surface area contributed by atoms with E-state index < -0.39 is 0 Å². The average molecular weight is 158 g/mol. The Hall–Kier alpha value is -0.0800. The maximum atomic E-state index is 8.60. The van der Waals surface area contributed by atoms with Crippen molar-refractivity contribution in [1.29, 1.82) is 0 Å². The van der Waals surface area contributed by atoms with Gasteiger partial charge in [-0.2, -0.15) is 0 Å². The molecule has 0 aliphatic carbocycles. The Kier molecular flexibility index (Phi) is 7.96. The van der Waals surface area contributed by atoms with Crippen LogP contribution in [-0.2, 0) is 0 Å². The molecule has 0 amide bonds. The third kappa shape index (κ3) is 6.32. The predicted octanol–water partition coefficient (Wildman–Crippen LogP) is 2.73. The third-order valence-corrected chi connectivity index (χ3v) is 1.95. The second-order valence-corrected chi connectivity index (χ2v) is 3.05. The van der Waals surface area contributed by atoms with Crippen molar-refractivity contribution in [3.63, 3.8) is 0 Å². The van der Waals surface area contributed by atoms with Crippen molar-refractivity contribution in [3.8, 4) is 0 Å². The smallest absolute Gasteiger partial charge is 0.0535 e. The van der Waals surface area contributed by atoms with E-state index in [4.69, 9.17) is 5.21 Å². The van der Waals surface area contributed by atoms with Gasteiger partial charge in [0, 0.05) is 0 Å². The molecular weight excluding hydrogens is 138 g/mol. The second-order valence-electron chi connectivity index (χ2n) is 3.05. The summed E-state index contributed by atoms with van der Waals surface area (Å²) < 4.78 is 0. The van der Waals surface area contributed by atoms with Crippen LogP contribution in [0.25, 0.3) is 0 Å². The van der Waals surface area contributed by atoms with Gasteiger partial charge in [0.05, 0.1) is 6.04 Å². The van der Waals surface area contributed by atoms with Gasteiger partial charge in [-0.15, -0.1) is 0 Å². The summed E-state index contributed by atoms with van der Waals surface area (Å²) in [4.78, 5) is 0. The van der Waals surface area contributed by atoms with Crippen molar-refractivity contribution in [3.05, 3.63) is 0 Å². The zero-order valence-electron chi connectivity index (χ0n) is 7.71. The molecule has 2 heteroatoms. The first-order valence-corrected chi connectivity index (χ1v) is 4.69. The minimum atomic E-state index is 0.204. The topological polar surface area (TPSA) is 34.3 Å². The maximum absolute atomic E-state index is 8.60. The zero-order valence-corrected chi connectivity index (χ0v) is 7.71. The molecule has 0 spiro atoms. The fraction of sp³-hybridized carbons (Fsp3) is 1.00. The fourth-order valence-electron chi connectivity index (χ4n) is 1.14. The van der Waals surface area contributed by atoms with Crippen molar-refractivity contribution >= 4 is 0 Å². The first kappa shape index (κ1) is 10.9. The van der Waals surface area contributed by atoms with Gasteiger partial charge in [-0.25, -0.2) is 0 Å². The van der Waals surface area contributed by atoms with Crippen LogP contribution in [0.15, 0.2) is 0 Å².